The highest BCUT2D eigenvalue weighted by atomic mass is 19.1. The summed E-state index contributed by atoms with van der Waals surface area (Å²) in [6.07, 6.45) is 2.78. The third-order valence-electron chi connectivity index (χ3n) is 5.36. The summed E-state index contributed by atoms with van der Waals surface area (Å²) in [6, 6.07) is 16.0. The quantitative estimate of drug-likeness (QED) is 0.528. The maximum absolute atomic E-state index is 13.4. The van der Waals surface area contributed by atoms with Gasteiger partial charge in [0, 0.05) is 24.7 Å². The van der Waals surface area contributed by atoms with E-state index < -0.39 is 5.66 Å². The highest BCUT2D eigenvalue weighted by Crippen LogP contribution is 2.33. The van der Waals surface area contributed by atoms with E-state index in [9.17, 15) is 4.39 Å². The number of aliphatic imine (C=N–C) groups is 1. The van der Waals surface area contributed by atoms with E-state index in [1.165, 1.54) is 12.1 Å². The summed E-state index contributed by atoms with van der Waals surface area (Å²) in [6.45, 7) is 0.466. The van der Waals surface area contributed by atoms with Crippen molar-refractivity contribution < 1.29 is 13.9 Å². The van der Waals surface area contributed by atoms with Gasteiger partial charge >= 0.3 is 0 Å². The van der Waals surface area contributed by atoms with Gasteiger partial charge in [-0.05, 0) is 47.9 Å². The number of anilines is 1. The molecule has 0 saturated heterocycles. The molecule has 3 aromatic rings. The molecule has 1 aliphatic rings. The fraction of sp³-hybridized carbons (Fsp3) is 0.250. The Morgan fingerprint density at radius 3 is 2.66 bits per heavy atom. The summed E-state index contributed by atoms with van der Waals surface area (Å²) in [5, 5.41) is 6.53. The van der Waals surface area contributed by atoms with Crippen LogP contribution >= 0.6 is 0 Å². The van der Waals surface area contributed by atoms with E-state index in [1.807, 2.05) is 36.4 Å². The topological polar surface area (TPSA) is 93.8 Å². The number of nitrogens with one attached hydrogen (secondary N) is 2. The van der Waals surface area contributed by atoms with Gasteiger partial charge in [-0.3, -0.25) is 4.99 Å². The summed E-state index contributed by atoms with van der Waals surface area (Å²) in [5.41, 5.74) is 8.61. The van der Waals surface area contributed by atoms with Gasteiger partial charge in [-0.25, -0.2) is 9.37 Å². The Morgan fingerprint density at radius 2 is 1.88 bits per heavy atom. The molecule has 0 spiro atoms. The molecule has 7 nitrogen and oxygen atoms in total. The molecule has 4 N–H and O–H groups in total. The predicted molar refractivity (Wildman–Crippen MR) is 123 cm³/mol. The number of rotatable bonds is 7. The Labute approximate surface area is 186 Å². The number of fused-ring (bicyclic) bond motifs is 1. The summed E-state index contributed by atoms with van der Waals surface area (Å²) in [7, 11) is 3.20. The number of nitrogens with two attached hydrogens (primary N) is 1. The van der Waals surface area contributed by atoms with Crippen molar-refractivity contribution in [2.75, 3.05) is 26.1 Å². The van der Waals surface area contributed by atoms with Crippen molar-refractivity contribution in [1.29, 1.82) is 0 Å². The number of guanidine groups is 1. The zero-order valence-corrected chi connectivity index (χ0v) is 18.1. The van der Waals surface area contributed by atoms with E-state index in [0.717, 1.165) is 16.7 Å². The molecule has 1 atom stereocenters. The van der Waals surface area contributed by atoms with Crippen LogP contribution in [0.15, 0.2) is 65.8 Å². The molecule has 4 rings (SSSR count). The van der Waals surface area contributed by atoms with Gasteiger partial charge in [-0.15, -0.1) is 0 Å². The average Bonchev–Trinajstić information content (AvgIpc) is 2.79. The Morgan fingerprint density at radius 1 is 1.03 bits per heavy atom. The van der Waals surface area contributed by atoms with Crippen LogP contribution in [0.5, 0.6) is 11.5 Å². The average molecular weight is 436 g/mol. The van der Waals surface area contributed by atoms with E-state index in [-0.39, 0.29) is 5.82 Å². The van der Waals surface area contributed by atoms with Gasteiger partial charge in [-0.1, -0.05) is 24.3 Å². The summed E-state index contributed by atoms with van der Waals surface area (Å²) in [4.78, 5) is 9.05. The lowest BCUT2D eigenvalue weighted by Gasteiger charge is -2.38. The van der Waals surface area contributed by atoms with Crippen LogP contribution in [0.25, 0.3) is 0 Å². The van der Waals surface area contributed by atoms with Crippen LogP contribution in [-0.4, -0.2) is 31.7 Å². The number of ether oxygens (including phenoxy) is 2. The molecule has 0 fully saturated rings. The van der Waals surface area contributed by atoms with Crippen molar-refractivity contribution >= 4 is 11.8 Å². The number of methoxy groups -OCH3 is 2. The Kier molecular flexibility index (Phi) is 6.23. The molecule has 2 aromatic carbocycles. The zero-order valence-electron chi connectivity index (χ0n) is 18.1. The molecule has 8 heteroatoms. The number of benzene rings is 2. The maximum atomic E-state index is 13.4. The smallest absolute Gasteiger partial charge is 0.198 e. The van der Waals surface area contributed by atoms with Crippen LogP contribution in [0.1, 0.15) is 16.7 Å². The molecular weight excluding hydrogens is 409 g/mol. The molecule has 0 radical (unpaired) electrons. The van der Waals surface area contributed by atoms with Crippen LogP contribution in [-0.2, 0) is 18.5 Å². The van der Waals surface area contributed by atoms with Gasteiger partial charge in [0.15, 0.2) is 17.5 Å². The SMILES string of the molecule is COc1ccc(CC2(N)NC(=NCCc3cccc(F)c3)Nc3ncccc32)cc1OC. The lowest BCUT2D eigenvalue weighted by Crippen LogP contribution is -2.59. The Hall–Kier alpha value is -3.65. The minimum atomic E-state index is -0.938. The second-order valence-corrected chi connectivity index (χ2v) is 7.60. The number of nitrogens with zero attached hydrogens (tertiary/aromatic N) is 2. The molecule has 2 heterocycles. The lowest BCUT2D eigenvalue weighted by atomic mass is 9.91. The third-order valence-corrected chi connectivity index (χ3v) is 5.36. The van der Waals surface area contributed by atoms with Crippen molar-refractivity contribution in [2.45, 2.75) is 18.5 Å². The number of hydrogen-bond donors (Lipinski definition) is 3. The van der Waals surface area contributed by atoms with Gasteiger partial charge in [0.05, 0.1) is 14.2 Å². The summed E-state index contributed by atoms with van der Waals surface area (Å²) >= 11 is 0. The van der Waals surface area contributed by atoms with Gasteiger partial charge in [-0.2, -0.15) is 0 Å². The first kappa shape index (κ1) is 21.6. The first-order valence-electron chi connectivity index (χ1n) is 10.3. The highest BCUT2D eigenvalue weighted by Gasteiger charge is 2.36. The molecule has 166 valence electrons. The number of aromatic nitrogens is 1. The fourth-order valence-electron chi connectivity index (χ4n) is 3.81. The van der Waals surface area contributed by atoms with Gasteiger partial charge in [0.2, 0.25) is 0 Å². The minimum Gasteiger partial charge on any atom is -0.493 e. The molecule has 32 heavy (non-hydrogen) atoms. The summed E-state index contributed by atoms with van der Waals surface area (Å²) < 4.78 is 24.2. The molecule has 1 aromatic heterocycles. The molecule has 0 aliphatic carbocycles. The zero-order chi connectivity index (χ0) is 22.6. The van der Waals surface area contributed by atoms with E-state index >= 15 is 0 Å². The molecule has 0 amide bonds. The van der Waals surface area contributed by atoms with Gasteiger partial charge < -0.3 is 25.8 Å². The van der Waals surface area contributed by atoms with Crippen molar-refractivity contribution in [3.8, 4) is 11.5 Å². The van der Waals surface area contributed by atoms with Gasteiger partial charge in [0.1, 0.15) is 17.3 Å². The minimum absolute atomic E-state index is 0.252. The Balaban J connectivity index is 1.58. The van der Waals surface area contributed by atoms with E-state index in [4.69, 9.17) is 15.2 Å². The normalized spacial score (nSPS) is 18.4. The van der Waals surface area contributed by atoms with Crippen LogP contribution < -0.4 is 25.8 Å². The predicted octanol–water partition coefficient (Wildman–Crippen LogP) is 3.21. The number of hydrogen-bond acceptors (Lipinski definition) is 5. The third kappa shape index (κ3) is 4.65. The molecular formula is C24H26FN5O2. The van der Waals surface area contributed by atoms with Crippen LogP contribution in [0.4, 0.5) is 10.2 Å². The van der Waals surface area contributed by atoms with E-state index in [0.29, 0.717) is 42.7 Å². The van der Waals surface area contributed by atoms with Crippen molar-refractivity contribution in [3.05, 3.63) is 83.3 Å². The van der Waals surface area contributed by atoms with Crippen molar-refractivity contribution in [1.82, 2.24) is 10.3 Å². The maximum Gasteiger partial charge on any atom is 0.198 e. The number of halogens is 1. The van der Waals surface area contributed by atoms with Crippen molar-refractivity contribution in [3.63, 3.8) is 0 Å². The van der Waals surface area contributed by atoms with Crippen LogP contribution in [0, 0.1) is 5.82 Å². The van der Waals surface area contributed by atoms with E-state index in [1.54, 1.807) is 26.5 Å². The molecule has 0 saturated carbocycles. The number of pyridine rings is 1. The summed E-state index contributed by atoms with van der Waals surface area (Å²) in [5.74, 6) is 2.22. The highest BCUT2D eigenvalue weighted by molar-refractivity contribution is 5.96. The second kappa shape index (κ2) is 9.23. The standard InChI is InChI=1S/C24H26FN5O2/c1-31-20-9-8-17(14-21(20)32-2)15-24(26)19-7-4-11-27-22(19)29-23(30-24)28-12-10-16-5-3-6-18(25)13-16/h3-9,11,13-14H,10,12,15,26H2,1-2H3,(H2,27,28,29,30). The monoisotopic (exact) mass is 435 g/mol. The molecule has 0 bridgehead atoms. The van der Waals surface area contributed by atoms with Crippen LogP contribution in [0.2, 0.25) is 0 Å². The fourth-order valence-corrected chi connectivity index (χ4v) is 3.81. The van der Waals surface area contributed by atoms with Crippen LogP contribution in [0.3, 0.4) is 0 Å². The second-order valence-electron chi connectivity index (χ2n) is 7.60. The first-order chi connectivity index (χ1) is 15.5. The first-order valence-corrected chi connectivity index (χ1v) is 10.3. The van der Waals surface area contributed by atoms with Gasteiger partial charge in [0.25, 0.3) is 0 Å². The van der Waals surface area contributed by atoms with Crippen molar-refractivity contribution in [2.24, 2.45) is 10.7 Å². The largest absolute Gasteiger partial charge is 0.493 e. The molecule has 1 aliphatic heterocycles. The molecule has 1 unspecified atom stereocenters. The van der Waals surface area contributed by atoms with E-state index in [2.05, 4.69) is 20.6 Å². The lowest BCUT2D eigenvalue weighted by molar-refractivity contribution is 0.352. The Bertz CT molecular complexity index is 1140.